The van der Waals surface area contributed by atoms with E-state index in [9.17, 15) is 19.8 Å². The normalized spacial score (nSPS) is 49.1. The van der Waals surface area contributed by atoms with Crippen LogP contribution in [-0.4, -0.2) is 47.2 Å². The average Bonchev–Trinajstić information content (AvgIpc) is 2.87. The average molecular weight is 376 g/mol. The SMILES string of the molecule is COCC(=O)[C@@]1(O)CCC2C3CCC4=CC(=O)CC[C@]4(C)C3[C@@H](O)C[C@@]21C. The topological polar surface area (TPSA) is 83.8 Å². The zero-order chi connectivity index (χ0) is 19.6. The van der Waals surface area contributed by atoms with Crippen LogP contribution in [0.25, 0.3) is 0 Å². The molecule has 4 rings (SSSR count). The maximum atomic E-state index is 12.7. The Labute approximate surface area is 161 Å². The largest absolute Gasteiger partial charge is 0.393 e. The van der Waals surface area contributed by atoms with Gasteiger partial charge in [0.15, 0.2) is 11.6 Å². The molecule has 3 fully saturated rings. The third kappa shape index (κ3) is 2.47. The van der Waals surface area contributed by atoms with Crippen molar-refractivity contribution in [2.75, 3.05) is 13.7 Å². The van der Waals surface area contributed by atoms with Crippen molar-refractivity contribution >= 4 is 11.6 Å². The van der Waals surface area contributed by atoms with Gasteiger partial charge >= 0.3 is 0 Å². The summed E-state index contributed by atoms with van der Waals surface area (Å²) in [5, 5.41) is 22.7. The molecule has 150 valence electrons. The molecule has 5 nitrogen and oxygen atoms in total. The van der Waals surface area contributed by atoms with Gasteiger partial charge in [0.05, 0.1) is 6.10 Å². The molecule has 0 amide bonds. The molecular formula is C22H32O5. The van der Waals surface area contributed by atoms with Gasteiger partial charge in [-0.3, -0.25) is 9.59 Å². The number of rotatable bonds is 3. The summed E-state index contributed by atoms with van der Waals surface area (Å²) in [6.07, 6.45) is 6.10. The summed E-state index contributed by atoms with van der Waals surface area (Å²) >= 11 is 0. The molecule has 27 heavy (non-hydrogen) atoms. The molecule has 0 heterocycles. The molecule has 2 N–H and O–H groups in total. The number of carbonyl (C=O) groups excluding carboxylic acids is 2. The van der Waals surface area contributed by atoms with Gasteiger partial charge in [-0.25, -0.2) is 0 Å². The van der Waals surface area contributed by atoms with Gasteiger partial charge in [-0.1, -0.05) is 19.4 Å². The predicted molar refractivity (Wildman–Crippen MR) is 99.9 cm³/mol. The molecule has 0 radical (unpaired) electrons. The summed E-state index contributed by atoms with van der Waals surface area (Å²) in [5.74, 6) is 0.540. The number of Topliss-reactive ketones (excluding diaryl/α,β-unsaturated/α-hetero) is 1. The molecule has 4 aliphatic carbocycles. The second kappa shape index (κ2) is 6.23. The fourth-order valence-electron chi connectivity index (χ4n) is 7.40. The minimum Gasteiger partial charge on any atom is -0.393 e. The van der Waals surface area contributed by atoms with Gasteiger partial charge in [-0.05, 0) is 67.8 Å². The highest BCUT2D eigenvalue weighted by molar-refractivity contribution is 5.91. The first kappa shape index (κ1) is 19.3. The fourth-order valence-corrected chi connectivity index (χ4v) is 7.40. The summed E-state index contributed by atoms with van der Waals surface area (Å²) in [5.41, 5.74) is -0.981. The molecule has 4 aliphatic rings. The van der Waals surface area contributed by atoms with E-state index in [0.717, 1.165) is 25.7 Å². The van der Waals surface area contributed by atoms with Gasteiger partial charge in [0.2, 0.25) is 0 Å². The van der Waals surface area contributed by atoms with Gasteiger partial charge in [-0.2, -0.15) is 0 Å². The van der Waals surface area contributed by atoms with Crippen molar-refractivity contribution in [1.82, 2.24) is 0 Å². The van der Waals surface area contributed by atoms with Crippen LogP contribution in [0.15, 0.2) is 11.6 Å². The number of aliphatic hydroxyl groups is 2. The first-order valence-electron chi connectivity index (χ1n) is 10.3. The third-order valence-corrected chi connectivity index (χ3v) is 8.79. The summed E-state index contributed by atoms with van der Waals surface area (Å²) in [7, 11) is 1.47. The van der Waals surface area contributed by atoms with Crippen LogP contribution in [0.2, 0.25) is 0 Å². The molecule has 0 bridgehead atoms. The van der Waals surface area contributed by atoms with Crippen molar-refractivity contribution in [3.8, 4) is 0 Å². The first-order chi connectivity index (χ1) is 12.7. The Kier molecular flexibility index (Phi) is 4.45. The van der Waals surface area contributed by atoms with Gasteiger partial charge in [-0.15, -0.1) is 0 Å². The van der Waals surface area contributed by atoms with Crippen molar-refractivity contribution in [2.45, 2.75) is 70.5 Å². The molecule has 0 aromatic carbocycles. The molecular weight excluding hydrogens is 344 g/mol. The quantitative estimate of drug-likeness (QED) is 0.790. The Hall–Kier alpha value is -1.04. The molecule has 0 aromatic heterocycles. The fraction of sp³-hybridized carbons (Fsp3) is 0.818. The minimum atomic E-state index is -1.42. The van der Waals surface area contributed by atoms with Crippen LogP contribution in [0, 0.1) is 28.6 Å². The summed E-state index contributed by atoms with van der Waals surface area (Å²) in [4.78, 5) is 24.7. The standard InChI is InChI=1S/C22H32O5/c1-20-8-6-14(23)10-13(20)4-5-15-16-7-9-22(26,18(25)12-27-3)21(16,2)11-17(24)19(15)20/h10,15-17,19,24,26H,4-9,11-12H2,1-3H3/t15?,16?,17-,19?,20-,21-,22-/m0/s1. The first-order valence-corrected chi connectivity index (χ1v) is 10.3. The number of methoxy groups -OCH3 is 1. The Balaban J connectivity index is 1.71. The molecule has 0 spiro atoms. The lowest BCUT2D eigenvalue weighted by Crippen LogP contribution is -2.62. The van der Waals surface area contributed by atoms with Crippen LogP contribution in [0.1, 0.15) is 58.8 Å². The summed E-state index contributed by atoms with van der Waals surface area (Å²) in [6.45, 7) is 4.12. The van der Waals surface area contributed by atoms with Gasteiger partial charge in [0, 0.05) is 18.9 Å². The van der Waals surface area contributed by atoms with Gasteiger partial charge < -0.3 is 14.9 Å². The summed E-state index contributed by atoms with van der Waals surface area (Å²) in [6, 6.07) is 0. The lowest BCUT2D eigenvalue weighted by molar-refractivity contribution is -0.182. The molecule has 3 unspecified atom stereocenters. The molecule has 0 aliphatic heterocycles. The number of ether oxygens (including phenoxy) is 1. The van der Waals surface area contributed by atoms with Gasteiger partial charge in [0.25, 0.3) is 0 Å². The Morgan fingerprint density at radius 2 is 2.00 bits per heavy atom. The second-order valence-electron chi connectivity index (χ2n) is 9.83. The zero-order valence-corrected chi connectivity index (χ0v) is 16.7. The minimum absolute atomic E-state index is 0.0876. The Morgan fingerprint density at radius 3 is 2.70 bits per heavy atom. The van der Waals surface area contributed by atoms with Crippen LogP contribution < -0.4 is 0 Å². The highest BCUT2D eigenvalue weighted by Crippen LogP contribution is 2.67. The van der Waals surface area contributed by atoms with Crippen LogP contribution in [0.5, 0.6) is 0 Å². The highest BCUT2D eigenvalue weighted by Gasteiger charge is 2.68. The number of fused-ring (bicyclic) bond motifs is 5. The van der Waals surface area contributed by atoms with Crippen LogP contribution >= 0.6 is 0 Å². The van der Waals surface area contributed by atoms with Crippen molar-refractivity contribution in [3.05, 3.63) is 11.6 Å². The van der Waals surface area contributed by atoms with E-state index in [0.29, 0.717) is 19.3 Å². The maximum Gasteiger partial charge on any atom is 0.190 e. The van der Waals surface area contributed by atoms with E-state index >= 15 is 0 Å². The second-order valence-corrected chi connectivity index (χ2v) is 9.83. The zero-order valence-electron chi connectivity index (χ0n) is 16.7. The van der Waals surface area contributed by atoms with Crippen molar-refractivity contribution in [1.29, 1.82) is 0 Å². The predicted octanol–water partition coefficient (Wildman–Crippen LogP) is 2.44. The molecule has 3 saturated carbocycles. The van der Waals surface area contributed by atoms with Gasteiger partial charge in [0.1, 0.15) is 12.2 Å². The number of aliphatic hydroxyl groups excluding tert-OH is 1. The smallest absolute Gasteiger partial charge is 0.190 e. The Bertz CT molecular complexity index is 699. The van der Waals surface area contributed by atoms with Crippen LogP contribution in [0.4, 0.5) is 0 Å². The molecule has 0 saturated heterocycles. The van der Waals surface area contributed by atoms with E-state index in [1.54, 1.807) is 0 Å². The lowest BCUT2D eigenvalue weighted by Gasteiger charge is -2.60. The Morgan fingerprint density at radius 1 is 1.26 bits per heavy atom. The maximum absolute atomic E-state index is 12.7. The van der Waals surface area contributed by atoms with E-state index in [2.05, 4.69) is 6.92 Å². The number of hydrogen-bond donors (Lipinski definition) is 2. The van der Waals surface area contributed by atoms with Crippen LogP contribution in [-0.2, 0) is 14.3 Å². The monoisotopic (exact) mass is 376 g/mol. The molecule has 0 aromatic rings. The number of carbonyl (C=O) groups is 2. The van der Waals surface area contributed by atoms with E-state index in [1.165, 1.54) is 12.7 Å². The highest BCUT2D eigenvalue weighted by atomic mass is 16.5. The van der Waals surface area contributed by atoms with E-state index in [1.807, 2.05) is 13.0 Å². The number of hydrogen-bond acceptors (Lipinski definition) is 5. The number of allylic oxidation sites excluding steroid dienone is 1. The van der Waals surface area contributed by atoms with E-state index < -0.39 is 17.1 Å². The molecule has 5 heteroatoms. The third-order valence-electron chi connectivity index (χ3n) is 8.79. The summed E-state index contributed by atoms with van der Waals surface area (Å²) < 4.78 is 5.02. The van der Waals surface area contributed by atoms with Crippen molar-refractivity contribution in [3.63, 3.8) is 0 Å². The lowest BCUT2D eigenvalue weighted by atomic mass is 9.45. The molecule has 7 atom stereocenters. The van der Waals surface area contributed by atoms with Crippen molar-refractivity contribution in [2.24, 2.45) is 28.6 Å². The van der Waals surface area contributed by atoms with E-state index in [4.69, 9.17) is 4.74 Å². The van der Waals surface area contributed by atoms with Crippen molar-refractivity contribution < 1.29 is 24.5 Å². The number of ketones is 2. The van der Waals surface area contributed by atoms with Crippen LogP contribution in [0.3, 0.4) is 0 Å². The van der Waals surface area contributed by atoms with E-state index in [-0.39, 0.29) is 41.3 Å².